The fraction of sp³-hybridized carbons (Fsp3) is 0.500. The average molecular weight is 142 g/mol. The Balaban J connectivity index is 2.49. The van der Waals surface area contributed by atoms with Crippen molar-refractivity contribution >= 4 is 10.9 Å². The van der Waals surface area contributed by atoms with Crippen LogP contribution in [0.1, 0.15) is 6.42 Å². The van der Waals surface area contributed by atoms with Crippen LogP contribution in [-0.2, 0) is 0 Å². The molecule has 0 aliphatic heterocycles. The molecule has 0 N–H and O–H groups in total. The second-order valence-electron chi connectivity index (χ2n) is 2.55. The summed E-state index contributed by atoms with van der Waals surface area (Å²) in [5.41, 5.74) is 0. The van der Waals surface area contributed by atoms with Gasteiger partial charge in [0.05, 0.1) is 0 Å². The highest BCUT2D eigenvalue weighted by Crippen LogP contribution is 2.26. The van der Waals surface area contributed by atoms with E-state index in [0.717, 1.165) is 11.7 Å². The monoisotopic (exact) mass is 142 g/mol. The standard InChI is InChI=1S/C8H14S/c1-9(2)8-6-4-3-5-7-8/h4-9H,3H2,1-2H3. The minimum Gasteiger partial charge on any atom is -0.250 e. The molecule has 1 heteroatoms. The molecule has 0 atom stereocenters. The molecule has 0 unspecified atom stereocenters. The molecule has 0 saturated carbocycles. The minimum atomic E-state index is 0.208. The van der Waals surface area contributed by atoms with E-state index in [1.807, 2.05) is 0 Å². The largest absolute Gasteiger partial charge is 0.250 e. The third-order valence-electron chi connectivity index (χ3n) is 1.53. The van der Waals surface area contributed by atoms with Crippen molar-refractivity contribution in [1.29, 1.82) is 0 Å². The van der Waals surface area contributed by atoms with Crippen molar-refractivity contribution in [3.8, 4) is 0 Å². The number of allylic oxidation sites excluding steroid dienone is 2. The lowest BCUT2D eigenvalue weighted by Gasteiger charge is -2.18. The Kier molecular flexibility index (Phi) is 2.40. The van der Waals surface area contributed by atoms with Gasteiger partial charge in [-0.25, -0.2) is 10.9 Å². The van der Waals surface area contributed by atoms with E-state index >= 15 is 0 Å². The lowest BCUT2D eigenvalue weighted by Crippen LogP contribution is -2.00. The van der Waals surface area contributed by atoms with E-state index < -0.39 is 0 Å². The van der Waals surface area contributed by atoms with Crippen LogP contribution in [0.4, 0.5) is 0 Å². The van der Waals surface area contributed by atoms with Crippen molar-refractivity contribution in [2.45, 2.75) is 11.7 Å². The SMILES string of the molecule is C[SH](C)C1C=CCC=C1. The summed E-state index contributed by atoms with van der Waals surface area (Å²) in [5.74, 6) is 0. The number of thiol groups is 1. The van der Waals surface area contributed by atoms with Crippen LogP contribution in [-0.4, -0.2) is 17.8 Å². The van der Waals surface area contributed by atoms with Gasteiger partial charge in [-0.1, -0.05) is 24.3 Å². The van der Waals surface area contributed by atoms with Crippen LogP contribution in [0.5, 0.6) is 0 Å². The molecular formula is C8H14S. The molecular weight excluding hydrogens is 128 g/mol. The van der Waals surface area contributed by atoms with Crippen LogP contribution < -0.4 is 0 Å². The first kappa shape index (κ1) is 6.94. The predicted octanol–water partition coefficient (Wildman–Crippen LogP) is 2.13. The summed E-state index contributed by atoms with van der Waals surface area (Å²) in [6.45, 7) is 0. The quantitative estimate of drug-likeness (QED) is 0.421. The summed E-state index contributed by atoms with van der Waals surface area (Å²) < 4.78 is 0. The third-order valence-corrected chi connectivity index (χ3v) is 3.07. The molecule has 0 heterocycles. The third kappa shape index (κ3) is 1.90. The van der Waals surface area contributed by atoms with Gasteiger partial charge in [-0.3, -0.25) is 0 Å². The molecule has 0 fully saturated rings. The summed E-state index contributed by atoms with van der Waals surface area (Å²) in [5, 5.41) is 0.758. The van der Waals surface area contributed by atoms with E-state index in [1.165, 1.54) is 0 Å². The number of hydrogen-bond acceptors (Lipinski definition) is 0. The van der Waals surface area contributed by atoms with Crippen LogP contribution in [0.3, 0.4) is 0 Å². The lowest BCUT2D eigenvalue weighted by atomic mass is 10.2. The Labute approximate surface area is 60.0 Å². The summed E-state index contributed by atoms with van der Waals surface area (Å²) >= 11 is 0. The maximum absolute atomic E-state index is 2.33. The van der Waals surface area contributed by atoms with Crippen LogP contribution in [0.15, 0.2) is 24.3 Å². The van der Waals surface area contributed by atoms with E-state index in [2.05, 4.69) is 36.8 Å². The molecule has 0 amide bonds. The average Bonchev–Trinajstić information content (AvgIpc) is 1.90. The van der Waals surface area contributed by atoms with Gasteiger partial charge in [0.1, 0.15) is 0 Å². The fourth-order valence-corrected chi connectivity index (χ4v) is 1.85. The number of rotatable bonds is 1. The van der Waals surface area contributed by atoms with Gasteiger partial charge in [-0.15, -0.1) is 0 Å². The van der Waals surface area contributed by atoms with Crippen molar-refractivity contribution in [1.82, 2.24) is 0 Å². The predicted molar refractivity (Wildman–Crippen MR) is 47.5 cm³/mol. The smallest absolute Gasteiger partial charge is 0.0223 e. The van der Waals surface area contributed by atoms with Crippen molar-refractivity contribution in [2.75, 3.05) is 12.5 Å². The normalized spacial score (nSPS) is 20.4. The molecule has 0 radical (unpaired) electrons. The molecule has 1 rings (SSSR count). The molecule has 1 aliphatic rings. The summed E-state index contributed by atoms with van der Waals surface area (Å²) in [6, 6.07) is 0. The van der Waals surface area contributed by atoms with Crippen LogP contribution >= 0.6 is 10.9 Å². The maximum atomic E-state index is 2.33. The first-order valence-corrected chi connectivity index (χ1v) is 5.61. The highest BCUT2D eigenvalue weighted by atomic mass is 32.2. The van der Waals surface area contributed by atoms with Crippen molar-refractivity contribution in [3.63, 3.8) is 0 Å². The Morgan fingerprint density at radius 1 is 1.22 bits per heavy atom. The van der Waals surface area contributed by atoms with Gasteiger partial charge in [0.25, 0.3) is 0 Å². The molecule has 0 nitrogen and oxygen atoms in total. The molecule has 0 aromatic heterocycles. The number of hydrogen-bond donors (Lipinski definition) is 1. The molecule has 1 aliphatic carbocycles. The second-order valence-corrected chi connectivity index (χ2v) is 5.07. The summed E-state index contributed by atoms with van der Waals surface area (Å²) in [4.78, 5) is 0. The van der Waals surface area contributed by atoms with E-state index in [9.17, 15) is 0 Å². The van der Waals surface area contributed by atoms with Gasteiger partial charge in [0.2, 0.25) is 0 Å². The van der Waals surface area contributed by atoms with Crippen LogP contribution in [0.25, 0.3) is 0 Å². The Bertz CT molecular complexity index is 122. The van der Waals surface area contributed by atoms with Gasteiger partial charge in [-0.05, 0) is 18.9 Å². The molecule has 0 aromatic carbocycles. The Morgan fingerprint density at radius 3 is 2.11 bits per heavy atom. The lowest BCUT2D eigenvalue weighted by molar-refractivity contribution is 1.24. The molecule has 52 valence electrons. The topological polar surface area (TPSA) is 0 Å². The molecule has 9 heavy (non-hydrogen) atoms. The van der Waals surface area contributed by atoms with Crippen molar-refractivity contribution in [2.24, 2.45) is 0 Å². The molecule has 0 saturated heterocycles. The zero-order valence-electron chi connectivity index (χ0n) is 6.04. The fourth-order valence-electron chi connectivity index (χ4n) is 0.923. The minimum absolute atomic E-state index is 0.208. The van der Waals surface area contributed by atoms with Gasteiger partial charge in [0, 0.05) is 5.25 Å². The van der Waals surface area contributed by atoms with Gasteiger partial charge < -0.3 is 0 Å². The van der Waals surface area contributed by atoms with Crippen LogP contribution in [0.2, 0.25) is 0 Å². The van der Waals surface area contributed by atoms with E-state index in [-0.39, 0.29) is 10.9 Å². The highest BCUT2D eigenvalue weighted by molar-refractivity contribution is 8.16. The zero-order chi connectivity index (χ0) is 6.69. The maximum Gasteiger partial charge on any atom is 0.0223 e. The van der Waals surface area contributed by atoms with Gasteiger partial charge >= 0.3 is 0 Å². The van der Waals surface area contributed by atoms with E-state index in [0.29, 0.717) is 0 Å². The van der Waals surface area contributed by atoms with Crippen molar-refractivity contribution in [3.05, 3.63) is 24.3 Å². The zero-order valence-corrected chi connectivity index (χ0v) is 6.94. The molecule has 0 spiro atoms. The van der Waals surface area contributed by atoms with Gasteiger partial charge in [0.15, 0.2) is 0 Å². The highest BCUT2D eigenvalue weighted by Gasteiger charge is 2.02. The van der Waals surface area contributed by atoms with Crippen LogP contribution in [0, 0.1) is 0 Å². The molecule has 0 bridgehead atoms. The Hall–Kier alpha value is -0.170. The molecule has 0 aromatic rings. The van der Waals surface area contributed by atoms with E-state index in [4.69, 9.17) is 0 Å². The van der Waals surface area contributed by atoms with Gasteiger partial charge in [-0.2, -0.15) is 0 Å². The van der Waals surface area contributed by atoms with Crippen molar-refractivity contribution < 1.29 is 0 Å². The summed E-state index contributed by atoms with van der Waals surface area (Å²) in [6.07, 6.45) is 14.9. The Morgan fingerprint density at radius 2 is 1.78 bits per heavy atom. The first-order valence-electron chi connectivity index (χ1n) is 3.30. The second kappa shape index (κ2) is 3.11. The van der Waals surface area contributed by atoms with E-state index in [1.54, 1.807) is 0 Å². The summed E-state index contributed by atoms with van der Waals surface area (Å²) in [7, 11) is 0.208. The first-order chi connectivity index (χ1) is 4.30.